The van der Waals surface area contributed by atoms with Gasteiger partial charge in [-0.2, -0.15) is 11.3 Å². The summed E-state index contributed by atoms with van der Waals surface area (Å²) in [4.78, 5) is 0. The zero-order valence-electron chi connectivity index (χ0n) is 11.0. The van der Waals surface area contributed by atoms with Gasteiger partial charge in [-0.3, -0.25) is 0 Å². The van der Waals surface area contributed by atoms with Crippen LogP contribution in [0.25, 0.3) is 0 Å². The average Bonchev–Trinajstić information content (AvgIpc) is 3.06. The second-order valence-electron chi connectivity index (χ2n) is 5.86. The molecule has 1 saturated heterocycles. The maximum Gasteiger partial charge on any atom is 0.0594 e. The SMILES string of the molecule is C[C@@]12CCN[C@@H]1c1ccccc1N[C@@H]2c1ccsc1. The molecule has 0 amide bonds. The van der Waals surface area contributed by atoms with Gasteiger partial charge in [0.25, 0.3) is 0 Å². The van der Waals surface area contributed by atoms with Crippen LogP contribution in [0.5, 0.6) is 0 Å². The van der Waals surface area contributed by atoms with Crippen LogP contribution in [0.3, 0.4) is 0 Å². The van der Waals surface area contributed by atoms with Crippen LogP contribution in [0, 0.1) is 5.41 Å². The van der Waals surface area contributed by atoms with Gasteiger partial charge in [-0.15, -0.1) is 0 Å². The van der Waals surface area contributed by atoms with Crippen LogP contribution in [0.4, 0.5) is 5.69 Å². The van der Waals surface area contributed by atoms with Crippen LogP contribution in [-0.4, -0.2) is 6.54 Å². The van der Waals surface area contributed by atoms with Crippen molar-refractivity contribution in [1.82, 2.24) is 5.32 Å². The van der Waals surface area contributed by atoms with Crippen molar-refractivity contribution in [2.45, 2.75) is 25.4 Å². The maximum atomic E-state index is 3.78. The van der Waals surface area contributed by atoms with Crippen molar-refractivity contribution >= 4 is 17.0 Å². The van der Waals surface area contributed by atoms with E-state index in [1.54, 1.807) is 11.3 Å². The molecule has 1 fully saturated rings. The van der Waals surface area contributed by atoms with Crippen molar-refractivity contribution in [1.29, 1.82) is 0 Å². The third-order valence-electron chi connectivity index (χ3n) is 4.78. The molecule has 4 rings (SSSR count). The highest BCUT2D eigenvalue weighted by atomic mass is 32.1. The fraction of sp³-hybridized carbons (Fsp3) is 0.375. The molecule has 0 unspecified atom stereocenters. The first-order valence-corrected chi connectivity index (χ1v) is 7.84. The predicted octanol–water partition coefficient (Wildman–Crippen LogP) is 3.96. The summed E-state index contributed by atoms with van der Waals surface area (Å²) in [5, 5.41) is 12.0. The summed E-state index contributed by atoms with van der Waals surface area (Å²) in [6, 6.07) is 11.9. The van der Waals surface area contributed by atoms with Gasteiger partial charge >= 0.3 is 0 Å². The summed E-state index contributed by atoms with van der Waals surface area (Å²) in [5.41, 5.74) is 4.40. The first kappa shape index (κ1) is 11.5. The minimum atomic E-state index is 0.259. The van der Waals surface area contributed by atoms with E-state index in [1.807, 2.05) is 0 Å². The molecule has 19 heavy (non-hydrogen) atoms. The van der Waals surface area contributed by atoms with Crippen LogP contribution in [0.1, 0.15) is 36.6 Å². The number of hydrogen-bond donors (Lipinski definition) is 2. The Morgan fingerprint density at radius 1 is 1.21 bits per heavy atom. The van der Waals surface area contributed by atoms with Gasteiger partial charge in [0.15, 0.2) is 0 Å². The maximum absolute atomic E-state index is 3.78. The number of para-hydroxylation sites is 1. The van der Waals surface area contributed by atoms with Gasteiger partial charge in [0.2, 0.25) is 0 Å². The Balaban J connectivity index is 1.87. The molecule has 1 aromatic heterocycles. The van der Waals surface area contributed by atoms with E-state index in [9.17, 15) is 0 Å². The molecular formula is C16H18N2S. The Morgan fingerprint density at radius 2 is 2.11 bits per heavy atom. The average molecular weight is 270 g/mol. The van der Waals surface area contributed by atoms with Crippen molar-refractivity contribution in [3.05, 3.63) is 52.2 Å². The molecule has 2 N–H and O–H groups in total. The monoisotopic (exact) mass is 270 g/mol. The summed E-state index contributed by atoms with van der Waals surface area (Å²) < 4.78 is 0. The number of thiophene rings is 1. The second-order valence-corrected chi connectivity index (χ2v) is 6.64. The smallest absolute Gasteiger partial charge is 0.0594 e. The van der Waals surface area contributed by atoms with Crippen LogP contribution in [-0.2, 0) is 0 Å². The summed E-state index contributed by atoms with van der Waals surface area (Å²) in [6.45, 7) is 3.53. The topological polar surface area (TPSA) is 24.1 Å². The van der Waals surface area contributed by atoms with Crippen molar-refractivity contribution < 1.29 is 0 Å². The zero-order chi connectivity index (χ0) is 12.9. The molecule has 2 aliphatic heterocycles. The Labute approximate surface area is 117 Å². The van der Waals surface area contributed by atoms with Gasteiger partial charge in [0, 0.05) is 17.1 Å². The van der Waals surface area contributed by atoms with Crippen LogP contribution in [0.15, 0.2) is 41.1 Å². The van der Waals surface area contributed by atoms with Gasteiger partial charge in [-0.25, -0.2) is 0 Å². The summed E-state index contributed by atoms with van der Waals surface area (Å²) in [5.74, 6) is 0. The highest BCUT2D eigenvalue weighted by Crippen LogP contribution is 2.55. The molecule has 2 aliphatic rings. The van der Waals surface area contributed by atoms with E-state index in [0.29, 0.717) is 12.1 Å². The molecule has 3 heterocycles. The first-order chi connectivity index (χ1) is 9.29. The van der Waals surface area contributed by atoms with Crippen molar-refractivity contribution in [3.63, 3.8) is 0 Å². The molecule has 2 nitrogen and oxygen atoms in total. The number of anilines is 1. The number of hydrogen-bond acceptors (Lipinski definition) is 3. The Bertz CT molecular complexity index is 593. The minimum absolute atomic E-state index is 0.259. The number of nitrogens with one attached hydrogen (secondary N) is 2. The largest absolute Gasteiger partial charge is 0.377 e. The predicted molar refractivity (Wildman–Crippen MR) is 80.6 cm³/mol. The lowest BCUT2D eigenvalue weighted by molar-refractivity contribution is 0.227. The van der Waals surface area contributed by atoms with E-state index in [0.717, 1.165) is 6.54 Å². The van der Waals surface area contributed by atoms with E-state index in [4.69, 9.17) is 0 Å². The molecule has 3 atom stereocenters. The molecule has 0 aliphatic carbocycles. The number of benzene rings is 1. The van der Waals surface area contributed by atoms with E-state index in [1.165, 1.54) is 23.2 Å². The van der Waals surface area contributed by atoms with Crippen molar-refractivity contribution in [3.8, 4) is 0 Å². The molecule has 1 aromatic carbocycles. The van der Waals surface area contributed by atoms with Gasteiger partial charge < -0.3 is 10.6 Å². The summed E-state index contributed by atoms with van der Waals surface area (Å²) in [6.07, 6.45) is 1.22. The molecule has 2 aromatic rings. The van der Waals surface area contributed by atoms with Crippen LogP contribution >= 0.6 is 11.3 Å². The first-order valence-electron chi connectivity index (χ1n) is 6.90. The van der Waals surface area contributed by atoms with E-state index < -0.39 is 0 Å². The molecule has 98 valence electrons. The Kier molecular flexibility index (Phi) is 2.47. The van der Waals surface area contributed by atoms with Gasteiger partial charge in [-0.1, -0.05) is 25.1 Å². The third-order valence-corrected chi connectivity index (χ3v) is 5.48. The molecule has 0 bridgehead atoms. The van der Waals surface area contributed by atoms with E-state index in [2.05, 4.69) is 58.6 Å². The highest BCUT2D eigenvalue weighted by Gasteiger charge is 2.49. The van der Waals surface area contributed by atoms with Gasteiger partial charge in [0.1, 0.15) is 0 Å². The fourth-order valence-electron chi connectivity index (χ4n) is 3.74. The van der Waals surface area contributed by atoms with Crippen molar-refractivity contribution in [2.75, 3.05) is 11.9 Å². The highest BCUT2D eigenvalue weighted by molar-refractivity contribution is 7.08. The summed E-state index contributed by atoms with van der Waals surface area (Å²) >= 11 is 1.79. The van der Waals surface area contributed by atoms with E-state index in [-0.39, 0.29) is 5.41 Å². The Morgan fingerprint density at radius 3 is 2.95 bits per heavy atom. The quantitative estimate of drug-likeness (QED) is 0.819. The molecule has 0 spiro atoms. The molecule has 0 radical (unpaired) electrons. The standard InChI is InChI=1S/C16H18N2S/c1-16-7-8-17-15(16)12-4-2-3-5-13(12)18-14(16)11-6-9-19-10-11/h2-6,9-10,14-15,17-18H,7-8H2,1H3/t14-,15-,16+/m1/s1. The summed E-state index contributed by atoms with van der Waals surface area (Å²) in [7, 11) is 0. The normalized spacial score (nSPS) is 32.5. The van der Waals surface area contributed by atoms with Crippen molar-refractivity contribution in [2.24, 2.45) is 5.41 Å². The van der Waals surface area contributed by atoms with E-state index >= 15 is 0 Å². The fourth-order valence-corrected chi connectivity index (χ4v) is 4.43. The van der Waals surface area contributed by atoms with Crippen LogP contribution < -0.4 is 10.6 Å². The molecule has 0 saturated carbocycles. The van der Waals surface area contributed by atoms with Gasteiger partial charge in [0.05, 0.1) is 6.04 Å². The van der Waals surface area contributed by atoms with Gasteiger partial charge in [-0.05, 0) is 47.0 Å². The molecular weight excluding hydrogens is 252 g/mol. The lowest BCUT2D eigenvalue weighted by atomic mass is 9.69. The third kappa shape index (κ3) is 1.58. The second kappa shape index (κ2) is 4.09. The lowest BCUT2D eigenvalue weighted by Crippen LogP contribution is -2.40. The minimum Gasteiger partial charge on any atom is -0.377 e. The lowest BCUT2D eigenvalue weighted by Gasteiger charge is -2.45. The number of rotatable bonds is 1. The molecule has 3 heteroatoms. The number of fused-ring (bicyclic) bond motifs is 3. The zero-order valence-corrected chi connectivity index (χ0v) is 11.8. The Hall–Kier alpha value is -1.32. The van der Waals surface area contributed by atoms with Crippen LogP contribution in [0.2, 0.25) is 0 Å².